The first-order chi connectivity index (χ1) is 6.09. The molecule has 0 amide bonds. The van der Waals surface area contributed by atoms with E-state index >= 15 is 0 Å². The molecule has 0 aromatic carbocycles. The lowest BCUT2D eigenvalue weighted by atomic mass is 10.2. The topological polar surface area (TPSA) is 43.1 Å². The summed E-state index contributed by atoms with van der Waals surface area (Å²) >= 11 is 0. The number of nitrogens with two attached hydrogens (primary N) is 1. The van der Waals surface area contributed by atoms with Crippen molar-refractivity contribution < 1.29 is 4.21 Å². The minimum Gasteiger partial charge on any atom is -0.327 e. The fraction of sp³-hybridized carbons (Fsp3) is 1.00. The van der Waals surface area contributed by atoms with Gasteiger partial charge in [0.05, 0.1) is 0 Å². The van der Waals surface area contributed by atoms with E-state index in [1.165, 1.54) is 12.8 Å². The molecule has 0 bridgehead atoms. The molecule has 0 radical (unpaired) electrons. The Hall–Kier alpha value is 0.110. The minimum absolute atomic E-state index is 0.202. The molecule has 2 nitrogen and oxygen atoms in total. The monoisotopic (exact) mass is 203 g/mol. The van der Waals surface area contributed by atoms with Crippen LogP contribution in [0.5, 0.6) is 0 Å². The molecule has 13 heavy (non-hydrogen) atoms. The average Bonchev–Trinajstić information content (AvgIpc) is 2.82. The molecule has 0 aliphatic heterocycles. The molecule has 78 valence electrons. The second-order valence-corrected chi connectivity index (χ2v) is 6.12. The van der Waals surface area contributed by atoms with E-state index in [1.807, 2.05) is 0 Å². The van der Waals surface area contributed by atoms with Gasteiger partial charge in [-0.15, -0.1) is 0 Å². The van der Waals surface area contributed by atoms with Crippen LogP contribution in [0.4, 0.5) is 0 Å². The van der Waals surface area contributed by atoms with Crippen LogP contribution < -0.4 is 5.73 Å². The molecule has 0 aromatic rings. The lowest BCUT2D eigenvalue weighted by Gasteiger charge is -2.10. The van der Waals surface area contributed by atoms with Gasteiger partial charge in [0.1, 0.15) is 0 Å². The van der Waals surface area contributed by atoms with Gasteiger partial charge in [0.25, 0.3) is 0 Å². The molecule has 1 aliphatic carbocycles. The third kappa shape index (κ3) is 4.77. The van der Waals surface area contributed by atoms with E-state index in [0.29, 0.717) is 11.8 Å². The molecule has 3 heteroatoms. The van der Waals surface area contributed by atoms with Gasteiger partial charge >= 0.3 is 0 Å². The van der Waals surface area contributed by atoms with Crippen molar-refractivity contribution in [1.82, 2.24) is 0 Å². The molecule has 2 N–H and O–H groups in total. The van der Waals surface area contributed by atoms with E-state index in [2.05, 4.69) is 13.8 Å². The minimum atomic E-state index is -0.676. The van der Waals surface area contributed by atoms with E-state index in [4.69, 9.17) is 5.73 Å². The SMILES string of the molecule is CC(C)CCS(=O)CC(N)C1CC1. The highest BCUT2D eigenvalue weighted by molar-refractivity contribution is 7.85. The second-order valence-electron chi connectivity index (χ2n) is 4.49. The zero-order valence-electron chi connectivity index (χ0n) is 8.66. The highest BCUT2D eigenvalue weighted by Crippen LogP contribution is 2.31. The zero-order valence-corrected chi connectivity index (χ0v) is 9.48. The van der Waals surface area contributed by atoms with E-state index < -0.39 is 10.8 Å². The fourth-order valence-electron chi connectivity index (χ4n) is 1.33. The van der Waals surface area contributed by atoms with Gasteiger partial charge in [-0.05, 0) is 31.1 Å². The normalized spacial score (nSPS) is 21.8. The van der Waals surface area contributed by atoms with Crippen LogP contribution in [0.25, 0.3) is 0 Å². The fourth-order valence-corrected chi connectivity index (χ4v) is 2.93. The van der Waals surface area contributed by atoms with Crippen LogP contribution in [0.2, 0.25) is 0 Å². The maximum atomic E-state index is 11.5. The predicted molar refractivity (Wildman–Crippen MR) is 58.0 cm³/mol. The van der Waals surface area contributed by atoms with Crippen LogP contribution in [0, 0.1) is 11.8 Å². The van der Waals surface area contributed by atoms with Crippen molar-refractivity contribution in [1.29, 1.82) is 0 Å². The summed E-state index contributed by atoms with van der Waals surface area (Å²) in [6.07, 6.45) is 3.56. The van der Waals surface area contributed by atoms with E-state index in [-0.39, 0.29) is 6.04 Å². The third-order valence-corrected chi connectivity index (χ3v) is 3.98. The number of hydrogen-bond donors (Lipinski definition) is 1. The van der Waals surface area contributed by atoms with Gasteiger partial charge < -0.3 is 5.73 Å². The summed E-state index contributed by atoms with van der Waals surface area (Å²) in [5, 5.41) is 0. The van der Waals surface area contributed by atoms with Crippen molar-refractivity contribution in [3.63, 3.8) is 0 Å². The summed E-state index contributed by atoms with van der Waals surface area (Å²) in [6.45, 7) is 4.33. The van der Waals surface area contributed by atoms with Crippen LogP contribution in [-0.4, -0.2) is 21.8 Å². The zero-order chi connectivity index (χ0) is 9.84. The van der Waals surface area contributed by atoms with Crippen molar-refractivity contribution in [2.45, 2.75) is 39.2 Å². The van der Waals surface area contributed by atoms with E-state index in [0.717, 1.165) is 17.9 Å². The van der Waals surface area contributed by atoms with Gasteiger partial charge in [0.15, 0.2) is 0 Å². The average molecular weight is 203 g/mol. The standard InChI is InChI=1S/C10H21NOS/c1-8(2)5-6-13(12)7-10(11)9-3-4-9/h8-10H,3-7,11H2,1-2H3. The van der Waals surface area contributed by atoms with Crippen LogP contribution >= 0.6 is 0 Å². The second kappa shape index (κ2) is 5.11. The Morgan fingerprint density at radius 1 is 1.46 bits per heavy atom. The highest BCUT2D eigenvalue weighted by Gasteiger charge is 2.29. The van der Waals surface area contributed by atoms with Gasteiger partial charge in [-0.25, -0.2) is 0 Å². The molecule has 0 aromatic heterocycles. The molecular formula is C10H21NOS. The first kappa shape index (κ1) is 11.2. The summed E-state index contributed by atoms with van der Waals surface area (Å²) in [5.41, 5.74) is 5.89. The van der Waals surface area contributed by atoms with Crippen molar-refractivity contribution in [3.8, 4) is 0 Å². The highest BCUT2D eigenvalue weighted by atomic mass is 32.2. The Balaban J connectivity index is 2.09. The lowest BCUT2D eigenvalue weighted by molar-refractivity contribution is 0.608. The van der Waals surface area contributed by atoms with Gasteiger partial charge in [-0.2, -0.15) is 0 Å². The van der Waals surface area contributed by atoms with Gasteiger partial charge in [-0.1, -0.05) is 13.8 Å². The van der Waals surface area contributed by atoms with Crippen LogP contribution in [0.1, 0.15) is 33.1 Å². The molecule has 2 unspecified atom stereocenters. The van der Waals surface area contributed by atoms with E-state index in [1.54, 1.807) is 0 Å². The van der Waals surface area contributed by atoms with Gasteiger partial charge in [0.2, 0.25) is 0 Å². The summed E-state index contributed by atoms with van der Waals surface area (Å²) in [4.78, 5) is 0. The smallest absolute Gasteiger partial charge is 0.0389 e. The molecule has 2 atom stereocenters. The summed E-state index contributed by atoms with van der Waals surface area (Å²) < 4.78 is 11.5. The largest absolute Gasteiger partial charge is 0.327 e. The van der Waals surface area contributed by atoms with Crippen molar-refractivity contribution in [3.05, 3.63) is 0 Å². The molecule has 0 spiro atoms. The molecule has 1 rings (SSSR count). The van der Waals surface area contributed by atoms with Gasteiger partial charge in [0, 0.05) is 28.3 Å². The Morgan fingerprint density at radius 2 is 2.08 bits per heavy atom. The van der Waals surface area contributed by atoms with Crippen LogP contribution in [0.3, 0.4) is 0 Å². The lowest BCUT2D eigenvalue weighted by Crippen LogP contribution is -2.30. The van der Waals surface area contributed by atoms with Crippen LogP contribution in [-0.2, 0) is 10.8 Å². The maximum Gasteiger partial charge on any atom is 0.0389 e. The molecular weight excluding hydrogens is 182 g/mol. The first-order valence-corrected chi connectivity index (χ1v) is 6.69. The first-order valence-electron chi connectivity index (χ1n) is 5.20. The third-order valence-electron chi connectivity index (χ3n) is 2.53. The molecule has 0 heterocycles. The summed E-state index contributed by atoms with van der Waals surface area (Å²) in [5.74, 6) is 2.89. The Labute approximate surface area is 83.7 Å². The van der Waals surface area contributed by atoms with Gasteiger partial charge in [-0.3, -0.25) is 4.21 Å². The predicted octanol–water partition coefficient (Wildman–Crippen LogP) is 1.52. The van der Waals surface area contributed by atoms with Crippen molar-refractivity contribution >= 4 is 10.8 Å². The Kier molecular flexibility index (Phi) is 4.39. The Morgan fingerprint density at radius 3 is 2.54 bits per heavy atom. The Bertz CT molecular complexity index is 178. The number of rotatable bonds is 6. The molecule has 1 saturated carbocycles. The summed E-state index contributed by atoms with van der Waals surface area (Å²) in [6, 6.07) is 0.202. The molecule has 1 fully saturated rings. The number of hydrogen-bond acceptors (Lipinski definition) is 2. The molecule has 1 aliphatic rings. The quantitative estimate of drug-likeness (QED) is 0.711. The maximum absolute atomic E-state index is 11.5. The van der Waals surface area contributed by atoms with Crippen LogP contribution in [0.15, 0.2) is 0 Å². The van der Waals surface area contributed by atoms with E-state index in [9.17, 15) is 4.21 Å². The molecule has 0 saturated heterocycles. The van der Waals surface area contributed by atoms with Crippen molar-refractivity contribution in [2.24, 2.45) is 17.6 Å². The summed E-state index contributed by atoms with van der Waals surface area (Å²) in [7, 11) is -0.676. The van der Waals surface area contributed by atoms with Crippen molar-refractivity contribution in [2.75, 3.05) is 11.5 Å².